The Morgan fingerprint density at radius 2 is 1.42 bits per heavy atom. The lowest BCUT2D eigenvalue weighted by atomic mass is 9.83. The van der Waals surface area contributed by atoms with Crippen LogP contribution in [0.1, 0.15) is 135 Å². The molecule has 0 saturated heterocycles. The van der Waals surface area contributed by atoms with Gasteiger partial charge in [0.05, 0.1) is 0 Å². The number of hydrogen-bond acceptors (Lipinski definition) is 4. The number of hydrogen-bond donors (Lipinski definition) is 1. The van der Waals surface area contributed by atoms with Gasteiger partial charge in [0.1, 0.15) is 23.1 Å². The molecule has 2 N–H and O–H groups in total. The fraction of sp³-hybridized carbons (Fsp3) is 0.794. The van der Waals surface area contributed by atoms with Gasteiger partial charge in [-0.15, -0.1) is 0 Å². The number of ether oxygens (including phenoxy) is 2. The average Bonchev–Trinajstić information content (AvgIpc) is 2.84. The van der Waals surface area contributed by atoms with E-state index in [2.05, 4.69) is 41.5 Å². The van der Waals surface area contributed by atoms with Crippen LogP contribution in [0.25, 0.3) is 0 Å². The highest BCUT2D eigenvalue weighted by molar-refractivity contribution is 5.79. The molecule has 1 heterocycles. The lowest BCUT2D eigenvalue weighted by Gasteiger charge is -2.38. The first-order valence-corrected chi connectivity index (χ1v) is 15.5. The van der Waals surface area contributed by atoms with Gasteiger partial charge in [-0.3, -0.25) is 0 Å². The van der Waals surface area contributed by atoms with E-state index in [4.69, 9.17) is 15.2 Å². The Morgan fingerprint density at radius 3 is 1.97 bits per heavy atom. The largest absolute Gasteiger partial charge is 0.487 e. The zero-order valence-electron chi connectivity index (χ0n) is 26.5. The lowest BCUT2D eigenvalue weighted by molar-refractivity contribution is -0.136. The Hall–Kier alpha value is -1.55. The van der Waals surface area contributed by atoms with Gasteiger partial charge >= 0.3 is 5.97 Å². The first-order chi connectivity index (χ1) is 17.8. The van der Waals surface area contributed by atoms with Gasteiger partial charge in [-0.05, 0) is 93.7 Å². The maximum Gasteiger partial charge on any atom is 0.328 e. The SMILES string of the molecule is Cc1c(C)c2c(c(C)c1OC(=O)C(N)C(C)C)CC[C@@](C)(CCC[C@H](C)CCC[C@H](C)CCCC(C)C)O2. The number of nitrogens with two attached hydrogens (primary N) is 1. The number of fused-ring (bicyclic) bond motifs is 1. The second-order valence-corrected chi connectivity index (χ2v) is 13.6. The van der Waals surface area contributed by atoms with Crippen LogP contribution >= 0.6 is 0 Å². The van der Waals surface area contributed by atoms with Crippen LogP contribution in [0.2, 0.25) is 0 Å². The van der Waals surface area contributed by atoms with E-state index in [1.54, 1.807) is 0 Å². The monoisotopic (exact) mass is 529 g/mol. The molecule has 4 atom stereocenters. The number of esters is 1. The van der Waals surface area contributed by atoms with Crippen LogP contribution in [0, 0.1) is 44.4 Å². The van der Waals surface area contributed by atoms with E-state index in [1.807, 2.05) is 27.7 Å². The molecule has 1 aliphatic rings. The third-order valence-corrected chi connectivity index (χ3v) is 9.03. The van der Waals surface area contributed by atoms with Crippen molar-refractivity contribution in [1.82, 2.24) is 0 Å². The van der Waals surface area contributed by atoms with Crippen LogP contribution < -0.4 is 15.2 Å². The molecular formula is C34H59NO3. The maximum absolute atomic E-state index is 12.6. The number of carbonyl (C=O) groups is 1. The summed E-state index contributed by atoms with van der Waals surface area (Å²) in [4.78, 5) is 12.6. The van der Waals surface area contributed by atoms with E-state index in [0.29, 0.717) is 5.75 Å². The molecule has 38 heavy (non-hydrogen) atoms. The molecule has 0 bridgehead atoms. The Labute approximate surface area is 234 Å². The van der Waals surface area contributed by atoms with Gasteiger partial charge in [0.25, 0.3) is 0 Å². The van der Waals surface area contributed by atoms with Crippen molar-refractivity contribution < 1.29 is 14.3 Å². The van der Waals surface area contributed by atoms with Gasteiger partial charge < -0.3 is 15.2 Å². The molecule has 0 spiro atoms. The molecule has 1 aromatic carbocycles. The van der Waals surface area contributed by atoms with Crippen molar-refractivity contribution in [3.05, 3.63) is 22.3 Å². The molecule has 1 unspecified atom stereocenters. The van der Waals surface area contributed by atoms with E-state index in [-0.39, 0.29) is 17.5 Å². The van der Waals surface area contributed by atoms with Gasteiger partial charge in [0.2, 0.25) is 0 Å². The fourth-order valence-electron chi connectivity index (χ4n) is 5.85. The van der Waals surface area contributed by atoms with Crippen molar-refractivity contribution in [2.75, 3.05) is 0 Å². The Balaban J connectivity index is 1.89. The molecule has 218 valence electrons. The zero-order chi connectivity index (χ0) is 28.6. The molecule has 2 rings (SSSR count). The summed E-state index contributed by atoms with van der Waals surface area (Å²) in [6, 6.07) is -0.620. The average molecular weight is 530 g/mol. The van der Waals surface area contributed by atoms with Crippen molar-refractivity contribution in [1.29, 1.82) is 0 Å². The molecule has 1 aromatic rings. The molecule has 0 amide bonds. The number of carbonyl (C=O) groups excluding carboxylic acids is 1. The summed E-state index contributed by atoms with van der Waals surface area (Å²) >= 11 is 0. The normalized spacial score (nSPS) is 19.7. The molecular weight excluding hydrogens is 470 g/mol. The van der Waals surface area contributed by atoms with Crippen molar-refractivity contribution in [2.45, 2.75) is 152 Å². The first kappa shape index (κ1) is 32.7. The summed E-state index contributed by atoms with van der Waals surface area (Å²) in [6.07, 6.45) is 13.7. The third-order valence-electron chi connectivity index (χ3n) is 9.03. The minimum Gasteiger partial charge on any atom is -0.487 e. The predicted molar refractivity (Wildman–Crippen MR) is 161 cm³/mol. The Morgan fingerprint density at radius 1 is 0.868 bits per heavy atom. The minimum absolute atomic E-state index is 0.0386. The van der Waals surface area contributed by atoms with Crippen LogP contribution in [0.5, 0.6) is 11.5 Å². The Kier molecular flexibility index (Phi) is 12.7. The second kappa shape index (κ2) is 14.7. The number of rotatable bonds is 15. The maximum atomic E-state index is 12.6. The molecule has 0 aromatic heterocycles. The van der Waals surface area contributed by atoms with Crippen LogP contribution in [0.4, 0.5) is 0 Å². The summed E-state index contributed by atoms with van der Waals surface area (Å²) in [5.41, 5.74) is 10.2. The topological polar surface area (TPSA) is 61.5 Å². The molecule has 4 nitrogen and oxygen atoms in total. The summed E-state index contributed by atoms with van der Waals surface area (Å²) in [5.74, 6) is 3.82. The zero-order valence-corrected chi connectivity index (χ0v) is 26.5. The third kappa shape index (κ3) is 9.28. The highest BCUT2D eigenvalue weighted by Gasteiger charge is 2.35. The van der Waals surface area contributed by atoms with Gasteiger partial charge in [0, 0.05) is 5.56 Å². The Bertz CT molecular complexity index is 906. The van der Waals surface area contributed by atoms with Crippen LogP contribution in [0.3, 0.4) is 0 Å². The molecule has 0 aliphatic carbocycles. The summed E-state index contributed by atoms with van der Waals surface area (Å²) in [5, 5.41) is 0. The molecule has 0 radical (unpaired) electrons. The molecule has 0 saturated carbocycles. The quantitative estimate of drug-likeness (QED) is 0.182. The summed E-state index contributed by atoms with van der Waals surface area (Å²) in [7, 11) is 0. The van der Waals surface area contributed by atoms with Gasteiger partial charge in [-0.1, -0.05) is 86.5 Å². The smallest absolute Gasteiger partial charge is 0.328 e. The highest BCUT2D eigenvalue weighted by atomic mass is 16.5. The van der Waals surface area contributed by atoms with E-state index in [1.165, 1.54) is 56.9 Å². The highest BCUT2D eigenvalue weighted by Crippen LogP contribution is 2.45. The summed E-state index contributed by atoms with van der Waals surface area (Å²) < 4.78 is 12.6. The van der Waals surface area contributed by atoms with Crippen LogP contribution in [-0.2, 0) is 11.2 Å². The summed E-state index contributed by atoms with van der Waals surface area (Å²) in [6.45, 7) is 21.8. The van der Waals surface area contributed by atoms with Crippen molar-refractivity contribution in [3.8, 4) is 11.5 Å². The number of benzene rings is 1. The van der Waals surface area contributed by atoms with E-state index < -0.39 is 6.04 Å². The second-order valence-electron chi connectivity index (χ2n) is 13.6. The van der Waals surface area contributed by atoms with Gasteiger partial charge in [-0.2, -0.15) is 0 Å². The van der Waals surface area contributed by atoms with Crippen LogP contribution in [-0.4, -0.2) is 17.6 Å². The predicted octanol–water partition coefficient (Wildman–Crippen LogP) is 9.02. The molecule has 4 heteroatoms. The van der Waals surface area contributed by atoms with Gasteiger partial charge in [0.15, 0.2) is 0 Å². The first-order valence-electron chi connectivity index (χ1n) is 15.5. The minimum atomic E-state index is -0.620. The standard InChI is InChI=1S/C34H59NO3/c1-22(2)14-11-15-24(5)16-12-17-25(6)18-13-20-34(10)21-19-29-28(9)31(26(7)27(8)32(29)38-34)37-33(36)30(35)23(3)4/h22-25,30H,11-21,35H2,1-10H3/t24-,25-,30?,34-/m1/s1. The van der Waals surface area contributed by atoms with Crippen molar-refractivity contribution in [2.24, 2.45) is 29.4 Å². The van der Waals surface area contributed by atoms with E-state index in [0.717, 1.165) is 59.5 Å². The van der Waals surface area contributed by atoms with E-state index in [9.17, 15) is 4.79 Å². The van der Waals surface area contributed by atoms with Gasteiger partial charge in [-0.25, -0.2) is 4.79 Å². The molecule has 1 aliphatic heterocycles. The van der Waals surface area contributed by atoms with E-state index >= 15 is 0 Å². The van der Waals surface area contributed by atoms with Crippen molar-refractivity contribution >= 4 is 5.97 Å². The molecule has 0 fully saturated rings. The lowest BCUT2D eigenvalue weighted by Crippen LogP contribution is -2.39. The fourth-order valence-corrected chi connectivity index (χ4v) is 5.85. The van der Waals surface area contributed by atoms with Crippen molar-refractivity contribution in [3.63, 3.8) is 0 Å². The van der Waals surface area contributed by atoms with Crippen LogP contribution in [0.15, 0.2) is 0 Å².